The molecule has 2 aromatic rings. The van der Waals surface area contributed by atoms with Crippen molar-refractivity contribution in [2.24, 2.45) is 11.8 Å². The molecule has 0 bridgehead atoms. The Kier molecular flexibility index (Phi) is 5.06. The van der Waals surface area contributed by atoms with Gasteiger partial charge in [-0.2, -0.15) is 0 Å². The first-order valence-electron chi connectivity index (χ1n) is 8.78. The number of rotatable bonds is 3. The Balaban J connectivity index is 2.10. The van der Waals surface area contributed by atoms with Crippen LogP contribution < -0.4 is 0 Å². The molecule has 0 radical (unpaired) electrons. The maximum atomic E-state index is 9.63. The van der Waals surface area contributed by atoms with Gasteiger partial charge in [-0.05, 0) is 65.5 Å². The maximum Gasteiger partial charge on any atom is 0.115 e. The summed E-state index contributed by atoms with van der Waals surface area (Å²) in [6.07, 6.45) is 3.54. The largest absolute Gasteiger partial charge is 0.508 e. The lowest BCUT2D eigenvalue weighted by atomic mass is 9.76. The van der Waals surface area contributed by atoms with Crippen molar-refractivity contribution in [3.05, 3.63) is 70.8 Å². The molecule has 24 heavy (non-hydrogen) atoms. The highest BCUT2D eigenvalue weighted by atomic mass is 16.3. The molecular formula is C22H26O2. The van der Waals surface area contributed by atoms with Crippen molar-refractivity contribution in [3.8, 4) is 5.75 Å². The summed E-state index contributed by atoms with van der Waals surface area (Å²) in [5.74, 6) is 1.70. The smallest absolute Gasteiger partial charge is 0.115 e. The molecule has 0 spiro atoms. The van der Waals surface area contributed by atoms with Gasteiger partial charge in [0, 0.05) is 0 Å². The molecule has 1 aliphatic rings. The van der Waals surface area contributed by atoms with Crippen LogP contribution in [0.5, 0.6) is 5.75 Å². The average Bonchev–Trinajstić information content (AvgIpc) is 2.57. The summed E-state index contributed by atoms with van der Waals surface area (Å²) < 4.78 is 0. The summed E-state index contributed by atoms with van der Waals surface area (Å²) in [6, 6.07) is 15.7. The number of phenols is 1. The van der Waals surface area contributed by atoms with E-state index in [0.717, 1.165) is 24.0 Å². The van der Waals surface area contributed by atoms with Crippen LogP contribution in [0, 0.1) is 11.8 Å². The van der Waals surface area contributed by atoms with Crippen LogP contribution in [-0.4, -0.2) is 10.2 Å². The summed E-state index contributed by atoms with van der Waals surface area (Å²) >= 11 is 0. The molecule has 2 N–H and O–H groups in total. The van der Waals surface area contributed by atoms with Crippen LogP contribution in [-0.2, 0) is 6.61 Å². The van der Waals surface area contributed by atoms with Gasteiger partial charge in [-0.1, -0.05) is 55.8 Å². The number of hydrogen-bond donors (Lipinski definition) is 2. The average molecular weight is 322 g/mol. The topological polar surface area (TPSA) is 40.5 Å². The number of aliphatic hydroxyl groups excluding tert-OH is 1. The Hall–Kier alpha value is -2.06. The minimum Gasteiger partial charge on any atom is -0.508 e. The van der Waals surface area contributed by atoms with Crippen molar-refractivity contribution >= 4 is 5.57 Å². The normalized spacial score (nSPS) is 20.9. The van der Waals surface area contributed by atoms with Gasteiger partial charge < -0.3 is 10.2 Å². The summed E-state index contributed by atoms with van der Waals surface area (Å²) in [6.45, 7) is 4.73. The highest BCUT2D eigenvalue weighted by molar-refractivity contribution is 5.82. The second-order valence-corrected chi connectivity index (χ2v) is 7.23. The zero-order valence-corrected chi connectivity index (χ0v) is 14.5. The number of aromatic hydroxyl groups is 1. The highest BCUT2D eigenvalue weighted by Gasteiger charge is 2.23. The first kappa shape index (κ1) is 16.8. The van der Waals surface area contributed by atoms with E-state index in [1.807, 2.05) is 24.3 Å². The Bertz CT molecular complexity index is 699. The van der Waals surface area contributed by atoms with Gasteiger partial charge >= 0.3 is 0 Å². The van der Waals surface area contributed by atoms with E-state index >= 15 is 0 Å². The molecule has 1 saturated carbocycles. The third-order valence-electron chi connectivity index (χ3n) is 4.93. The number of phenolic OH excluding ortho intramolecular Hbond substituents is 1. The van der Waals surface area contributed by atoms with E-state index in [0.29, 0.717) is 17.6 Å². The van der Waals surface area contributed by atoms with Gasteiger partial charge in [0.25, 0.3) is 0 Å². The third kappa shape index (κ3) is 3.70. The van der Waals surface area contributed by atoms with Crippen LogP contribution in [0.4, 0.5) is 0 Å². The fourth-order valence-corrected chi connectivity index (χ4v) is 3.96. The Morgan fingerprint density at radius 1 is 0.875 bits per heavy atom. The monoisotopic (exact) mass is 322 g/mol. The summed E-state index contributed by atoms with van der Waals surface area (Å²) in [4.78, 5) is 0. The van der Waals surface area contributed by atoms with Crippen LogP contribution in [0.2, 0.25) is 0 Å². The Labute approximate surface area is 144 Å². The molecule has 0 heterocycles. The number of allylic oxidation sites excluding steroid dienone is 1. The van der Waals surface area contributed by atoms with Crippen molar-refractivity contribution in [3.63, 3.8) is 0 Å². The maximum absolute atomic E-state index is 9.63. The quantitative estimate of drug-likeness (QED) is 0.821. The molecule has 0 aromatic heterocycles. The lowest BCUT2D eigenvalue weighted by molar-refractivity contribution is 0.282. The van der Waals surface area contributed by atoms with E-state index in [9.17, 15) is 10.2 Å². The SMILES string of the molecule is CC1CC(=C(c2ccc(O)cc2)c2ccc(CO)cc2)CC(C)C1. The minimum absolute atomic E-state index is 0.0689. The lowest BCUT2D eigenvalue weighted by Crippen LogP contribution is -2.14. The van der Waals surface area contributed by atoms with E-state index in [2.05, 4.69) is 26.0 Å². The van der Waals surface area contributed by atoms with E-state index in [1.165, 1.54) is 23.1 Å². The van der Waals surface area contributed by atoms with Crippen LogP contribution in [0.3, 0.4) is 0 Å². The summed E-state index contributed by atoms with van der Waals surface area (Å²) in [5.41, 5.74) is 6.07. The molecule has 0 saturated heterocycles. The molecule has 2 atom stereocenters. The second-order valence-electron chi connectivity index (χ2n) is 7.23. The molecule has 0 amide bonds. The lowest BCUT2D eigenvalue weighted by Gasteiger charge is -2.29. The van der Waals surface area contributed by atoms with Crippen molar-refractivity contribution in [2.75, 3.05) is 0 Å². The van der Waals surface area contributed by atoms with Gasteiger partial charge in [0.2, 0.25) is 0 Å². The molecule has 0 aliphatic heterocycles. The molecule has 2 heteroatoms. The third-order valence-corrected chi connectivity index (χ3v) is 4.93. The fourth-order valence-electron chi connectivity index (χ4n) is 3.96. The first-order valence-corrected chi connectivity index (χ1v) is 8.78. The van der Waals surface area contributed by atoms with E-state index < -0.39 is 0 Å². The molecule has 2 nitrogen and oxygen atoms in total. The Morgan fingerprint density at radius 3 is 1.88 bits per heavy atom. The van der Waals surface area contributed by atoms with E-state index in [4.69, 9.17) is 0 Å². The molecule has 3 rings (SSSR count). The van der Waals surface area contributed by atoms with Crippen LogP contribution in [0.1, 0.15) is 49.8 Å². The van der Waals surface area contributed by atoms with Crippen molar-refractivity contribution in [2.45, 2.75) is 39.7 Å². The molecular weight excluding hydrogens is 296 g/mol. The van der Waals surface area contributed by atoms with Crippen molar-refractivity contribution < 1.29 is 10.2 Å². The zero-order valence-electron chi connectivity index (χ0n) is 14.5. The number of aliphatic hydroxyl groups is 1. The van der Waals surface area contributed by atoms with Gasteiger partial charge in [0.05, 0.1) is 6.61 Å². The Morgan fingerprint density at radius 2 is 1.38 bits per heavy atom. The molecule has 2 aromatic carbocycles. The van der Waals surface area contributed by atoms with Gasteiger partial charge in [0.15, 0.2) is 0 Å². The standard InChI is InChI=1S/C22H26O2/c1-15-11-16(2)13-20(12-15)22(19-7-9-21(24)10-8-19)18-5-3-17(14-23)4-6-18/h3-10,15-16,23-24H,11-14H2,1-2H3. The van der Waals surface area contributed by atoms with Crippen LogP contribution in [0.15, 0.2) is 54.1 Å². The van der Waals surface area contributed by atoms with Gasteiger partial charge in [-0.3, -0.25) is 0 Å². The van der Waals surface area contributed by atoms with Gasteiger partial charge in [0.1, 0.15) is 5.75 Å². The fraction of sp³-hybridized carbons (Fsp3) is 0.364. The van der Waals surface area contributed by atoms with Crippen molar-refractivity contribution in [1.29, 1.82) is 0 Å². The van der Waals surface area contributed by atoms with Gasteiger partial charge in [-0.15, -0.1) is 0 Å². The zero-order chi connectivity index (χ0) is 17.1. The van der Waals surface area contributed by atoms with Gasteiger partial charge in [-0.25, -0.2) is 0 Å². The number of hydrogen-bond acceptors (Lipinski definition) is 2. The predicted molar refractivity (Wildman–Crippen MR) is 98.7 cm³/mol. The first-order chi connectivity index (χ1) is 11.6. The molecule has 126 valence electrons. The second kappa shape index (κ2) is 7.23. The van der Waals surface area contributed by atoms with E-state index in [-0.39, 0.29) is 6.61 Å². The highest BCUT2D eigenvalue weighted by Crippen LogP contribution is 2.39. The molecule has 1 fully saturated rings. The van der Waals surface area contributed by atoms with Crippen LogP contribution >= 0.6 is 0 Å². The predicted octanol–water partition coefficient (Wildman–Crippen LogP) is 5.14. The summed E-state index contributed by atoms with van der Waals surface area (Å²) in [7, 11) is 0. The van der Waals surface area contributed by atoms with Crippen LogP contribution in [0.25, 0.3) is 5.57 Å². The van der Waals surface area contributed by atoms with E-state index in [1.54, 1.807) is 12.1 Å². The molecule has 2 unspecified atom stereocenters. The van der Waals surface area contributed by atoms with Crippen molar-refractivity contribution in [1.82, 2.24) is 0 Å². The summed E-state index contributed by atoms with van der Waals surface area (Å²) in [5, 5.41) is 18.9. The molecule has 1 aliphatic carbocycles. The number of benzene rings is 2. The minimum atomic E-state index is 0.0689.